The van der Waals surface area contributed by atoms with Gasteiger partial charge in [-0.05, 0) is 6.07 Å². The number of hydrogen-bond acceptors (Lipinski definition) is 1. The molecule has 0 aromatic heterocycles. The Hall–Kier alpha value is -2.18. The summed E-state index contributed by atoms with van der Waals surface area (Å²) in [6.45, 7) is 0. The molecule has 2 aromatic carbocycles. The molecule has 0 spiro atoms. The second-order valence-corrected chi connectivity index (χ2v) is 4.48. The maximum atomic E-state index is 14.2. The van der Waals surface area contributed by atoms with Crippen LogP contribution < -0.4 is 4.90 Å². The standard InChI is InChI=1S/C14H9F6N/c1-21(2)7-5-3-4-6(9(7)15)8-10(16)12(18)14(20)13(19)11(8)17/h3-5H,1-2H3. The summed E-state index contributed by atoms with van der Waals surface area (Å²) in [5.74, 6) is -11.7. The largest absolute Gasteiger partial charge is 0.375 e. The van der Waals surface area contributed by atoms with Crippen molar-refractivity contribution in [3.05, 3.63) is 53.1 Å². The third kappa shape index (κ3) is 2.32. The summed E-state index contributed by atoms with van der Waals surface area (Å²) in [4.78, 5) is 1.31. The van der Waals surface area contributed by atoms with E-state index in [2.05, 4.69) is 0 Å². The minimum absolute atomic E-state index is 0.0450. The highest BCUT2D eigenvalue weighted by Crippen LogP contribution is 2.35. The van der Waals surface area contributed by atoms with E-state index in [4.69, 9.17) is 0 Å². The van der Waals surface area contributed by atoms with E-state index in [1.807, 2.05) is 0 Å². The SMILES string of the molecule is CN(C)c1cccc(-c2c(F)c(F)c(F)c(F)c2F)c1F. The van der Waals surface area contributed by atoms with E-state index >= 15 is 0 Å². The fourth-order valence-electron chi connectivity index (χ4n) is 1.90. The van der Waals surface area contributed by atoms with Crippen molar-refractivity contribution in [1.82, 2.24) is 0 Å². The van der Waals surface area contributed by atoms with Gasteiger partial charge in [0.1, 0.15) is 0 Å². The monoisotopic (exact) mass is 305 g/mol. The summed E-state index contributed by atoms with van der Waals surface area (Å²) in [6.07, 6.45) is 0. The summed E-state index contributed by atoms with van der Waals surface area (Å²) in [5.41, 5.74) is -2.03. The van der Waals surface area contributed by atoms with Crippen LogP contribution in [0.5, 0.6) is 0 Å². The van der Waals surface area contributed by atoms with Crippen molar-refractivity contribution in [2.45, 2.75) is 0 Å². The maximum absolute atomic E-state index is 14.2. The molecule has 0 fully saturated rings. The van der Waals surface area contributed by atoms with Crippen LogP contribution >= 0.6 is 0 Å². The molecule has 0 atom stereocenters. The second kappa shape index (κ2) is 5.31. The van der Waals surface area contributed by atoms with Gasteiger partial charge in [-0.2, -0.15) is 0 Å². The molecule has 21 heavy (non-hydrogen) atoms. The number of benzene rings is 2. The first-order valence-corrected chi connectivity index (χ1v) is 5.75. The Morgan fingerprint density at radius 2 is 1.14 bits per heavy atom. The average Bonchev–Trinajstić information content (AvgIpc) is 2.44. The zero-order valence-electron chi connectivity index (χ0n) is 10.9. The van der Waals surface area contributed by atoms with Crippen LogP contribution in [0.4, 0.5) is 32.0 Å². The van der Waals surface area contributed by atoms with Gasteiger partial charge in [0, 0.05) is 19.7 Å². The van der Waals surface area contributed by atoms with Gasteiger partial charge in [0.15, 0.2) is 29.1 Å². The van der Waals surface area contributed by atoms with Crippen molar-refractivity contribution in [1.29, 1.82) is 0 Å². The van der Waals surface area contributed by atoms with Gasteiger partial charge in [-0.3, -0.25) is 0 Å². The number of halogens is 6. The summed E-state index contributed by atoms with van der Waals surface area (Å²) in [5, 5.41) is 0. The summed E-state index contributed by atoms with van der Waals surface area (Å²) in [6, 6.07) is 3.51. The number of rotatable bonds is 2. The molecule has 2 rings (SSSR count). The molecular formula is C14H9F6N. The molecule has 0 saturated heterocycles. The predicted molar refractivity (Wildman–Crippen MR) is 66.0 cm³/mol. The molecule has 112 valence electrons. The van der Waals surface area contributed by atoms with Crippen LogP contribution in [0.15, 0.2) is 18.2 Å². The highest BCUT2D eigenvalue weighted by molar-refractivity contribution is 5.71. The van der Waals surface area contributed by atoms with Crippen LogP contribution in [0.1, 0.15) is 0 Å². The Balaban J connectivity index is 2.83. The molecular weight excluding hydrogens is 296 g/mol. The molecule has 0 radical (unpaired) electrons. The van der Waals surface area contributed by atoms with Crippen molar-refractivity contribution in [3.63, 3.8) is 0 Å². The first kappa shape index (κ1) is 15.2. The average molecular weight is 305 g/mol. The predicted octanol–water partition coefficient (Wildman–Crippen LogP) is 4.25. The molecule has 0 saturated carbocycles. The lowest BCUT2D eigenvalue weighted by atomic mass is 10.0. The molecule has 7 heteroatoms. The van der Waals surface area contributed by atoms with Gasteiger partial charge in [0.2, 0.25) is 5.82 Å². The van der Waals surface area contributed by atoms with Crippen molar-refractivity contribution in [2.75, 3.05) is 19.0 Å². The Labute approximate surface area is 116 Å². The molecule has 0 aliphatic heterocycles. The van der Waals surface area contributed by atoms with Crippen molar-refractivity contribution in [2.24, 2.45) is 0 Å². The Bertz CT molecular complexity index is 682. The highest BCUT2D eigenvalue weighted by atomic mass is 19.2. The minimum atomic E-state index is -2.28. The maximum Gasteiger partial charge on any atom is 0.200 e. The van der Waals surface area contributed by atoms with Gasteiger partial charge in [0.25, 0.3) is 0 Å². The van der Waals surface area contributed by atoms with E-state index in [-0.39, 0.29) is 5.69 Å². The van der Waals surface area contributed by atoms with Gasteiger partial charge >= 0.3 is 0 Å². The second-order valence-electron chi connectivity index (χ2n) is 4.48. The van der Waals surface area contributed by atoms with Crippen molar-refractivity contribution in [3.8, 4) is 11.1 Å². The van der Waals surface area contributed by atoms with Gasteiger partial charge in [-0.25, -0.2) is 26.3 Å². The topological polar surface area (TPSA) is 3.24 Å². The van der Waals surface area contributed by atoms with Crippen LogP contribution in [-0.2, 0) is 0 Å². The zero-order valence-corrected chi connectivity index (χ0v) is 10.9. The number of anilines is 1. The van der Waals surface area contributed by atoms with Crippen molar-refractivity contribution < 1.29 is 26.3 Å². The Kier molecular flexibility index (Phi) is 3.85. The molecule has 0 N–H and O–H groups in total. The third-order valence-corrected chi connectivity index (χ3v) is 2.94. The normalized spacial score (nSPS) is 10.9. The molecule has 0 aliphatic carbocycles. The first-order valence-electron chi connectivity index (χ1n) is 5.75. The highest BCUT2D eigenvalue weighted by Gasteiger charge is 2.28. The fraction of sp³-hybridized carbons (Fsp3) is 0.143. The van der Waals surface area contributed by atoms with E-state index in [9.17, 15) is 26.3 Å². The van der Waals surface area contributed by atoms with E-state index in [0.717, 1.165) is 6.07 Å². The van der Waals surface area contributed by atoms with Gasteiger partial charge < -0.3 is 4.90 Å². The van der Waals surface area contributed by atoms with E-state index in [0.29, 0.717) is 0 Å². The first-order chi connectivity index (χ1) is 9.77. The molecule has 0 amide bonds. The number of nitrogens with zero attached hydrogens (tertiary/aromatic N) is 1. The van der Waals surface area contributed by atoms with Crippen LogP contribution in [0.25, 0.3) is 11.1 Å². The molecule has 0 unspecified atom stereocenters. The van der Waals surface area contributed by atoms with E-state index < -0.39 is 46.0 Å². The van der Waals surface area contributed by atoms with Crippen molar-refractivity contribution >= 4 is 5.69 Å². The summed E-state index contributed by atoms with van der Waals surface area (Å²) >= 11 is 0. The van der Waals surface area contributed by atoms with E-state index in [1.54, 1.807) is 0 Å². The van der Waals surface area contributed by atoms with Crippen LogP contribution in [-0.4, -0.2) is 14.1 Å². The zero-order chi connectivity index (χ0) is 15.9. The quantitative estimate of drug-likeness (QED) is 0.455. The molecule has 2 aromatic rings. The smallest absolute Gasteiger partial charge is 0.200 e. The minimum Gasteiger partial charge on any atom is -0.375 e. The van der Waals surface area contributed by atoms with Gasteiger partial charge in [0.05, 0.1) is 11.3 Å². The molecule has 1 nitrogen and oxygen atoms in total. The lowest BCUT2D eigenvalue weighted by Gasteiger charge is -2.16. The van der Waals surface area contributed by atoms with Gasteiger partial charge in [-0.15, -0.1) is 0 Å². The van der Waals surface area contributed by atoms with Crippen LogP contribution in [0.3, 0.4) is 0 Å². The lowest BCUT2D eigenvalue weighted by Crippen LogP contribution is -2.12. The molecule has 0 aliphatic rings. The third-order valence-electron chi connectivity index (χ3n) is 2.94. The fourth-order valence-corrected chi connectivity index (χ4v) is 1.90. The summed E-state index contributed by atoms with van der Waals surface area (Å²) in [7, 11) is 2.95. The summed E-state index contributed by atoms with van der Waals surface area (Å²) < 4.78 is 81.0. The Morgan fingerprint density at radius 1 is 0.667 bits per heavy atom. The molecule has 0 bridgehead atoms. The van der Waals surface area contributed by atoms with E-state index in [1.165, 1.54) is 31.1 Å². The van der Waals surface area contributed by atoms with Crippen LogP contribution in [0, 0.1) is 34.9 Å². The van der Waals surface area contributed by atoms with Crippen LogP contribution in [0.2, 0.25) is 0 Å². The molecule has 0 heterocycles. The Morgan fingerprint density at radius 3 is 1.62 bits per heavy atom. The lowest BCUT2D eigenvalue weighted by molar-refractivity contribution is 0.381. The van der Waals surface area contributed by atoms with Gasteiger partial charge in [-0.1, -0.05) is 12.1 Å². The number of hydrogen-bond donors (Lipinski definition) is 0.